The summed E-state index contributed by atoms with van der Waals surface area (Å²) in [5.41, 5.74) is 7.02. The SMILES string of the molecule is [2H]C([2H])([2H])C1(C([2H])([2H])[2H])CCC(C([2H])([2H])[2H])(C([2H])([2H])[2H])c2cc3c4c(oc3cc21)B1c2cc(C(C)(C)C)ccc2N(c2ccc(C(C)(C)C)cc2-c2ccccc2)c2cc(C)cc(c21)N4c1ccc(C(C)(C)C)cc1. The van der Waals surface area contributed by atoms with Crippen LogP contribution in [-0.2, 0) is 27.1 Å². The third kappa shape index (κ3) is 6.60. The lowest BCUT2D eigenvalue weighted by Crippen LogP contribution is -2.61. The lowest BCUT2D eigenvalue weighted by molar-refractivity contribution is 0.332. The van der Waals surface area contributed by atoms with Crippen LogP contribution in [0.4, 0.5) is 34.1 Å². The zero-order valence-electron chi connectivity index (χ0n) is 50.3. The van der Waals surface area contributed by atoms with Crippen LogP contribution in [0.1, 0.15) is 152 Å². The van der Waals surface area contributed by atoms with E-state index in [9.17, 15) is 0 Å². The summed E-state index contributed by atoms with van der Waals surface area (Å²) < 4.78 is 115. The Balaban J connectivity index is 1.38. The van der Waals surface area contributed by atoms with Gasteiger partial charge in [-0.05, 0) is 151 Å². The number of nitrogens with zero attached hydrogens (tertiary/aromatic N) is 2. The molecule has 1 aliphatic carbocycles. The molecule has 0 radical (unpaired) electrons. The Bertz CT molecular complexity index is 3390. The summed E-state index contributed by atoms with van der Waals surface area (Å²) in [4.78, 5) is 4.46. The van der Waals surface area contributed by atoms with Gasteiger partial charge in [0.2, 0.25) is 0 Å². The van der Waals surface area contributed by atoms with Crippen molar-refractivity contribution < 1.29 is 20.9 Å². The van der Waals surface area contributed by atoms with Crippen molar-refractivity contribution in [3.05, 3.63) is 149 Å². The van der Waals surface area contributed by atoms with Crippen molar-refractivity contribution in [3.63, 3.8) is 0 Å². The van der Waals surface area contributed by atoms with Gasteiger partial charge in [0.15, 0.2) is 0 Å². The maximum atomic E-state index is 9.03. The second-order valence-electron chi connectivity index (χ2n) is 21.5. The maximum Gasteiger partial charge on any atom is 0.297 e. The number of anilines is 6. The van der Waals surface area contributed by atoms with E-state index in [1.807, 2.05) is 18.2 Å². The molecule has 6 aromatic carbocycles. The molecular formula is C59H65BN2O. The van der Waals surface area contributed by atoms with Gasteiger partial charge in [-0.2, -0.15) is 0 Å². The summed E-state index contributed by atoms with van der Waals surface area (Å²) in [7, 11) is 0. The monoisotopic (exact) mass is 841 g/mol. The molecule has 4 heteroatoms. The van der Waals surface area contributed by atoms with Crippen LogP contribution in [0.5, 0.6) is 0 Å². The van der Waals surface area contributed by atoms with Crippen LogP contribution in [0.2, 0.25) is 0 Å². The Labute approximate surface area is 394 Å². The van der Waals surface area contributed by atoms with E-state index in [2.05, 4.69) is 164 Å². The van der Waals surface area contributed by atoms with Gasteiger partial charge in [0.25, 0.3) is 6.71 Å². The average molecular weight is 841 g/mol. The summed E-state index contributed by atoms with van der Waals surface area (Å²) in [5, 5.41) is 0.335. The van der Waals surface area contributed by atoms with Crippen molar-refractivity contribution in [1.29, 1.82) is 0 Å². The Morgan fingerprint density at radius 3 is 1.73 bits per heavy atom. The van der Waals surface area contributed by atoms with Gasteiger partial charge in [0.1, 0.15) is 5.58 Å². The lowest BCUT2D eigenvalue weighted by atomic mass is 9.35. The quantitative estimate of drug-likeness (QED) is 0.165. The van der Waals surface area contributed by atoms with Crippen molar-refractivity contribution in [3.8, 4) is 11.1 Å². The zero-order valence-corrected chi connectivity index (χ0v) is 38.3. The molecule has 0 unspecified atom stereocenters. The molecule has 3 nitrogen and oxygen atoms in total. The molecule has 0 saturated carbocycles. The molecular weight excluding hydrogens is 763 g/mol. The van der Waals surface area contributed by atoms with Gasteiger partial charge in [-0.3, -0.25) is 0 Å². The van der Waals surface area contributed by atoms with E-state index in [1.54, 1.807) is 0 Å². The summed E-state index contributed by atoms with van der Waals surface area (Å²) in [6, 6.07) is 39.1. The minimum absolute atomic E-state index is 0.117. The van der Waals surface area contributed by atoms with E-state index in [-0.39, 0.29) is 33.0 Å². The number of fused-ring (bicyclic) bond motifs is 7. The van der Waals surface area contributed by atoms with Crippen molar-refractivity contribution in [2.24, 2.45) is 0 Å². The predicted molar refractivity (Wildman–Crippen MR) is 272 cm³/mol. The highest BCUT2D eigenvalue weighted by molar-refractivity contribution is 7.00. The van der Waals surface area contributed by atoms with Gasteiger partial charge < -0.3 is 14.2 Å². The zero-order chi connectivity index (χ0) is 54.8. The van der Waals surface area contributed by atoms with E-state index in [1.165, 1.54) is 17.7 Å². The number of furan rings is 1. The van der Waals surface area contributed by atoms with E-state index in [4.69, 9.17) is 20.9 Å². The Hall–Kier alpha value is -5.48. The molecule has 320 valence electrons. The second kappa shape index (κ2) is 13.8. The fourth-order valence-electron chi connectivity index (χ4n) is 10.2. The summed E-state index contributed by atoms with van der Waals surface area (Å²) in [6.07, 6.45) is -1.47. The van der Waals surface area contributed by atoms with Gasteiger partial charge in [-0.1, -0.05) is 150 Å². The second-order valence-corrected chi connectivity index (χ2v) is 21.5. The van der Waals surface area contributed by atoms with E-state index < -0.39 is 57.8 Å². The standard InChI is InChI=1S/C59H65BN2O/c1-36-30-49-52-50(31-36)62(47-26-22-39(56(5,6)7)32-42(47)37-18-16-15-17-19-37)48-27-23-40(57(8,9)10)33-46(48)60(52)54-53(61(49)41-24-20-38(21-25-41)55(2,3)4)43-34-44-45(35-51(43)63-54)59(13,14)29-28-58(44,11)12/h15-27,30-35H,28-29H2,1-14H3/i11D3,12D3,13D3,14D3. The van der Waals surface area contributed by atoms with E-state index in [0.29, 0.717) is 16.7 Å². The highest BCUT2D eigenvalue weighted by Gasteiger charge is 2.48. The molecule has 0 saturated heterocycles. The van der Waals surface area contributed by atoms with Crippen LogP contribution in [-0.4, -0.2) is 6.71 Å². The van der Waals surface area contributed by atoms with Crippen LogP contribution < -0.4 is 26.4 Å². The van der Waals surface area contributed by atoms with Crippen molar-refractivity contribution in [2.75, 3.05) is 9.80 Å². The third-order valence-electron chi connectivity index (χ3n) is 13.8. The Kier molecular flexibility index (Phi) is 6.51. The highest BCUT2D eigenvalue weighted by Crippen LogP contribution is 2.52. The summed E-state index contributed by atoms with van der Waals surface area (Å²) in [6.45, 7) is 8.14. The molecule has 2 aliphatic heterocycles. The molecule has 0 bridgehead atoms. The number of hydrogen-bond donors (Lipinski definition) is 0. The van der Waals surface area contributed by atoms with E-state index >= 15 is 0 Å². The first-order chi connectivity index (χ1) is 34.5. The molecule has 0 spiro atoms. The molecule has 1 aromatic heterocycles. The van der Waals surface area contributed by atoms with Crippen molar-refractivity contribution >= 4 is 68.4 Å². The molecule has 0 amide bonds. The summed E-state index contributed by atoms with van der Waals surface area (Å²) in [5.74, 6) is 0. The summed E-state index contributed by atoms with van der Waals surface area (Å²) >= 11 is 0. The van der Waals surface area contributed by atoms with Crippen LogP contribution >= 0.6 is 0 Å². The first-order valence-corrected chi connectivity index (χ1v) is 22.3. The molecule has 0 atom stereocenters. The first-order valence-electron chi connectivity index (χ1n) is 28.3. The third-order valence-corrected chi connectivity index (χ3v) is 13.8. The van der Waals surface area contributed by atoms with Crippen LogP contribution in [0, 0.1) is 6.92 Å². The van der Waals surface area contributed by atoms with Gasteiger partial charge in [0.05, 0.1) is 17.0 Å². The molecule has 3 aliphatic rings. The predicted octanol–water partition coefficient (Wildman–Crippen LogP) is 14.7. The van der Waals surface area contributed by atoms with E-state index in [0.717, 1.165) is 67.2 Å². The van der Waals surface area contributed by atoms with Crippen molar-refractivity contribution in [1.82, 2.24) is 0 Å². The fourth-order valence-corrected chi connectivity index (χ4v) is 10.2. The van der Waals surface area contributed by atoms with Gasteiger partial charge in [0, 0.05) is 50.1 Å². The highest BCUT2D eigenvalue weighted by atomic mass is 16.3. The van der Waals surface area contributed by atoms with Gasteiger partial charge in [-0.25, -0.2) is 0 Å². The Morgan fingerprint density at radius 1 is 0.571 bits per heavy atom. The average Bonchev–Trinajstić information content (AvgIpc) is 3.65. The normalized spacial score (nSPS) is 20.1. The number of benzene rings is 6. The van der Waals surface area contributed by atoms with Gasteiger partial charge >= 0.3 is 0 Å². The number of rotatable bonds is 3. The van der Waals surface area contributed by atoms with Crippen molar-refractivity contribution in [2.45, 2.75) is 137 Å². The molecule has 10 rings (SSSR count). The topological polar surface area (TPSA) is 19.6 Å². The first kappa shape index (κ1) is 29.8. The maximum absolute atomic E-state index is 9.03. The minimum Gasteiger partial charge on any atom is -0.468 e. The number of hydrogen-bond acceptors (Lipinski definition) is 3. The Morgan fingerprint density at radius 2 is 1.13 bits per heavy atom. The smallest absolute Gasteiger partial charge is 0.297 e. The molecule has 0 fully saturated rings. The van der Waals surface area contributed by atoms with Gasteiger partial charge in [-0.15, -0.1) is 0 Å². The van der Waals surface area contributed by atoms with Crippen LogP contribution in [0.15, 0.2) is 120 Å². The molecule has 0 N–H and O–H groups in total. The minimum atomic E-state index is -3.22. The fraction of sp³-hybridized carbons (Fsp3) is 0.356. The molecule has 7 aromatic rings. The largest absolute Gasteiger partial charge is 0.468 e. The lowest BCUT2D eigenvalue weighted by Gasteiger charge is -2.44. The molecule has 63 heavy (non-hydrogen) atoms. The van der Waals surface area contributed by atoms with Crippen LogP contribution in [0.25, 0.3) is 22.1 Å². The van der Waals surface area contributed by atoms with Crippen LogP contribution in [0.3, 0.4) is 0 Å². The number of aryl methyl sites for hydroxylation is 1. The molecule has 3 heterocycles.